The lowest BCUT2D eigenvalue weighted by atomic mass is 10.1. The van der Waals surface area contributed by atoms with E-state index in [1.54, 1.807) is 11.3 Å². The zero-order valence-electron chi connectivity index (χ0n) is 13.2. The van der Waals surface area contributed by atoms with Gasteiger partial charge in [0.25, 0.3) is 0 Å². The Bertz CT molecular complexity index is 464. The Labute approximate surface area is 136 Å². The molecule has 21 heavy (non-hydrogen) atoms. The molecule has 1 unspecified atom stereocenters. The Morgan fingerprint density at radius 1 is 1.48 bits per heavy atom. The van der Waals surface area contributed by atoms with Crippen LogP contribution in [0.3, 0.4) is 0 Å². The van der Waals surface area contributed by atoms with Crippen molar-refractivity contribution in [3.8, 4) is 0 Å². The number of thioether (sulfide) groups is 1. The first-order chi connectivity index (χ1) is 10.1. The molecule has 1 aliphatic heterocycles. The van der Waals surface area contributed by atoms with E-state index in [-0.39, 0.29) is 0 Å². The van der Waals surface area contributed by atoms with E-state index >= 15 is 0 Å². The van der Waals surface area contributed by atoms with Gasteiger partial charge in [0, 0.05) is 36.7 Å². The predicted molar refractivity (Wildman–Crippen MR) is 94.7 cm³/mol. The van der Waals surface area contributed by atoms with E-state index in [4.69, 9.17) is 0 Å². The SMILES string of the molecule is CCc1nc(CCNC(=NC)NCC2(C)CCCS2)cs1. The van der Waals surface area contributed by atoms with Crippen molar-refractivity contribution >= 4 is 29.1 Å². The van der Waals surface area contributed by atoms with Crippen molar-refractivity contribution in [2.75, 3.05) is 25.9 Å². The van der Waals surface area contributed by atoms with Crippen LogP contribution in [0.15, 0.2) is 10.4 Å². The van der Waals surface area contributed by atoms with Crippen molar-refractivity contribution in [3.63, 3.8) is 0 Å². The zero-order chi connectivity index (χ0) is 15.1. The van der Waals surface area contributed by atoms with Crippen molar-refractivity contribution in [2.24, 2.45) is 4.99 Å². The third-order valence-corrected chi connectivity index (χ3v) is 6.31. The molecule has 2 N–H and O–H groups in total. The average Bonchev–Trinajstić information content (AvgIpc) is 3.12. The number of hydrogen-bond acceptors (Lipinski definition) is 4. The van der Waals surface area contributed by atoms with Crippen LogP contribution in [0.2, 0.25) is 0 Å². The molecule has 0 radical (unpaired) electrons. The Balaban J connectivity index is 1.70. The third kappa shape index (κ3) is 5.18. The second kappa shape index (κ2) is 8.03. The van der Waals surface area contributed by atoms with E-state index in [9.17, 15) is 0 Å². The largest absolute Gasteiger partial charge is 0.356 e. The molecule has 6 heteroatoms. The van der Waals surface area contributed by atoms with Crippen LogP contribution >= 0.6 is 23.1 Å². The summed E-state index contributed by atoms with van der Waals surface area (Å²) in [6.45, 7) is 6.34. The fourth-order valence-electron chi connectivity index (χ4n) is 2.40. The minimum absolute atomic E-state index is 0.364. The van der Waals surface area contributed by atoms with Gasteiger partial charge in [0.2, 0.25) is 0 Å². The highest BCUT2D eigenvalue weighted by Gasteiger charge is 2.29. The standard InChI is InChI=1S/C15H26N4S2/c1-4-13-19-12(10-20-13)6-8-17-14(16-3)18-11-15(2)7-5-9-21-15/h10H,4-9,11H2,1-3H3,(H2,16,17,18). The van der Waals surface area contributed by atoms with Crippen LogP contribution in [-0.4, -0.2) is 41.6 Å². The highest BCUT2D eigenvalue weighted by Crippen LogP contribution is 2.36. The lowest BCUT2D eigenvalue weighted by Crippen LogP contribution is -2.44. The molecular weight excluding hydrogens is 300 g/mol. The van der Waals surface area contributed by atoms with Gasteiger partial charge in [-0.3, -0.25) is 4.99 Å². The first kappa shape index (κ1) is 16.6. The number of aryl methyl sites for hydroxylation is 1. The van der Waals surface area contributed by atoms with Crippen LogP contribution in [-0.2, 0) is 12.8 Å². The second-order valence-corrected chi connectivity index (χ2v) is 8.22. The summed E-state index contributed by atoms with van der Waals surface area (Å²) in [5.74, 6) is 2.18. The number of hydrogen-bond donors (Lipinski definition) is 2. The van der Waals surface area contributed by atoms with E-state index in [0.29, 0.717) is 4.75 Å². The molecule has 118 valence electrons. The molecule has 0 aromatic carbocycles. The molecule has 0 saturated carbocycles. The van der Waals surface area contributed by atoms with Crippen LogP contribution in [0.5, 0.6) is 0 Å². The summed E-state index contributed by atoms with van der Waals surface area (Å²) in [5.41, 5.74) is 1.18. The molecule has 1 aromatic rings. The molecule has 1 atom stereocenters. The minimum Gasteiger partial charge on any atom is -0.356 e. The highest BCUT2D eigenvalue weighted by molar-refractivity contribution is 8.00. The quantitative estimate of drug-likeness (QED) is 0.623. The first-order valence-corrected chi connectivity index (χ1v) is 9.53. The number of thiazole rings is 1. The van der Waals surface area contributed by atoms with Gasteiger partial charge in [-0.25, -0.2) is 4.98 Å². The Morgan fingerprint density at radius 2 is 2.33 bits per heavy atom. The highest BCUT2D eigenvalue weighted by atomic mass is 32.2. The van der Waals surface area contributed by atoms with Crippen LogP contribution in [0, 0.1) is 0 Å². The molecule has 1 saturated heterocycles. The molecule has 0 amide bonds. The van der Waals surface area contributed by atoms with E-state index in [1.807, 2.05) is 7.05 Å². The van der Waals surface area contributed by atoms with Gasteiger partial charge in [-0.1, -0.05) is 6.92 Å². The average molecular weight is 327 g/mol. The van der Waals surface area contributed by atoms with Gasteiger partial charge in [-0.15, -0.1) is 11.3 Å². The van der Waals surface area contributed by atoms with Crippen molar-refractivity contribution < 1.29 is 0 Å². The van der Waals surface area contributed by atoms with Gasteiger partial charge < -0.3 is 10.6 Å². The molecule has 1 aliphatic rings. The van der Waals surface area contributed by atoms with Crippen LogP contribution in [0.1, 0.15) is 37.4 Å². The van der Waals surface area contributed by atoms with Crippen LogP contribution in [0.25, 0.3) is 0 Å². The van der Waals surface area contributed by atoms with Gasteiger partial charge >= 0.3 is 0 Å². The smallest absolute Gasteiger partial charge is 0.191 e. The molecule has 1 aromatic heterocycles. The lowest BCUT2D eigenvalue weighted by Gasteiger charge is -2.24. The van der Waals surface area contributed by atoms with E-state index in [2.05, 4.69) is 51.6 Å². The van der Waals surface area contributed by atoms with Gasteiger partial charge in [-0.05, 0) is 31.9 Å². The van der Waals surface area contributed by atoms with Crippen molar-refractivity contribution in [3.05, 3.63) is 16.1 Å². The predicted octanol–water partition coefficient (Wildman–Crippen LogP) is 2.70. The Morgan fingerprint density at radius 3 is 2.95 bits per heavy atom. The molecule has 1 fully saturated rings. The zero-order valence-corrected chi connectivity index (χ0v) is 14.9. The van der Waals surface area contributed by atoms with Crippen molar-refractivity contribution in [2.45, 2.75) is 44.3 Å². The molecule has 0 bridgehead atoms. The summed E-state index contributed by atoms with van der Waals surface area (Å²) < 4.78 is 0.364. The van der Waals surface area contributed by atoms with Gasteiger partial charge in [0.15, 0.2) is 5.96 Å². The van der Waals surface area contributed by atoms with Gasteiger partial charge in [0.1, 0.15) is 0 Å². The molecule has 2 rings (SSSR count). The number of aliphatic imine (C=N–C) groups is 1. The van der Waals surface area contributed by atoms with Crippen LogP contribution < -0.4 is 10.6 Å². The summed E-state index contributed by atoms with van der Waals surface area (Å²) >= 11 is 3.82. The molecule has 0 spiro atoms. The topological polar surface area (TPSA) is 49.3 Å². The van der Waals surface area contributed by atoms with Crippen LogP contribution in [0.4, 0.5) is 0 Å². The maximum absolute atomic E-state index is 4.59. The fraction of sp³-hybridized carbons (Fsp3) is 0.733. The van der Waals surface area contributed by atoms with Crippen molar-refractivity contribution in [1.29, 1.82) is 0 Å². The first-order valence-electron chi connectivity index (χ1n) is 7.67. The Kier molecular flexibility index (Phi) is 6.36. The maximum atomic E-state index is 4.59. The summed E-state index contributed by atoms with van der Waals surface area (Å²) in [6.07, 6.45) is 4.60. The summed E-state index contributed by atoms with van der Waals surface area (Å²) in [6, 6.07) is 0. The second-order valence-electron chi connectivity index (χ2n) is 5.59. The molecule has 0 aliphatic carbocycles. The summed E-state index contributed by atoms with van der Waals surface area (Å²) in [5, 5.41) is 10.2. The Hall–Kier alpha value is -0.750. The van der Waals surface area contributed by atoms with E-state index in [0.717, 1.165) is 31.9 Å². The fourth-order valence-corrected chi connectivity index (χ4v) is 4.43. The number of nitrogens with zero attached hydrogens (tertiary/aromatic N) is 2. The third-order valence-electron chi connectivity index (χ3n) is 3.73. The maximum Gasteiger partial charge on any atom is 0.191 e. The lowest BCUT2D eigenvalue weighted by molar-refractivity contribution is 0.584. The number of rotatable bonds is 6. The van der Waals surface area contributed by atoms with E-state index in [1.165, 1.54) is 29.3 Å². The molecular formula is C15H26N4S2. The van der Waals surface area contributed by atoms with Gasteiger partial charge in [-0.2, -0.15) is 11.8 Å². The summed E-state index contributed by atoms with van der Waals surface area (Å²) in [7, 11) is 1.83. The van der Waals surface area contributed by atoms with Crippen molar-refractivity contribution in [1.82, 2.24) is 15.6 Å². The molecule has 4 nitrogen and oxygen atoms in total. The molecule has 2 heterocycles. The summed E-state index contributed by atoms with van der Waals surface area (Å²) in [4.78, 5) is 8.89. The normalized spacial score (nSPS) is 22.5. The van der Waals surface area contributed by atoms with E-state index < -0.39 is 0 Å². The number of guanidine groups is 1. The minimum atomic E-state index is 0.364. The number of aromatic nitrogens is 1. The monoisotopic (exact) mass is 326 g/mol. The number of nitrogens with one attached hydrogen (secondary N) is 2. The van der Waals surface area contributed by atoms with Gasteiger partial charge in [0.05, 0.1) is 10.7 Å².